The number of aliphatic hydroxyl groups excluding tert-OH is 1. The minimum absolute atomic E-state index is 0.116. The largest absolute Gasteiger partial charge is 0.478 e. The Morgan fingerprint density at radius 2 is 1.80 bits per heavy atom. The Labute approximate surface area is 157 Å². The molecule has 0 heterocycles. The topological polar surface area (TPSA) is 58.6 Å². The van der Waals surface area contributed by atoms with E-state index in [4.69, 9.17) is 16.3 Å². The second kappa shape index (κ2) is 8.61. The van der Waals surface area contributed by atoms with Gasteiger partial charge in [-0.05, 0) is 62.1 Å². The molecule has 0 saturated carbocycles. The van der Waals surface area contributed by atoms with E-state index in [2.05, 4.69) is 5.32 Å². The van der Waals surface area contributed by atoms with Crippen LogP contribution in [0.15, 0.2) is 53.4 Å². The quantitative estimate of drug-likeness (QED) is 0.712. The summed E-state index contributed by atoms with van der Waals surface area (Å²) in [6.07, 6.45) is 1.22. The van der Waals surface area contributed by atoms with Gasteiger partial charge in [0.1, 0.15) is 5.75 Å². The number of thioether (sulfide) groups is 1. The van der Waals surface area contributed by atoms with Gasteiger partial charge in [0, 0.05) is 16.5 Å². The molecular weight excluding hydrogens is 358 g/mol. The normalized spacial score (nSPS) is 12.5. The maximum absolute atomic E-state index is 12.4. The molecule has 1 amide bonds. The van der Waals surface area contributed by atoms with Gasteiger partial charge < -0.3 is 15.2 Å². The van der Waals surface area contributed by atoms with Crippen LogP contribution >= 0.6 is 23.4 Å². The maximum atomic E-state index is 12.4. The lowest BCUT2D eigenvalue weighted by Crippen LogP contribution is -2.47. The molecule has 0 aliphatic carbocycles. The van der Waals surface area contributed by atoms with Crippen molar-refractivity contribution in [3.63, 3.8) is 0 Å². The fourth-order valence-corrected chi connectivity index (χ4v) is 2.72. The highest BCUT2D eigenvalue weighted by atomic mass is 35.5. The van der Waals surface area contributed by atoms with Crippen LogP contribution in [0, 0.1) is 0 Å². The summed E-state index contributed by atoms with van der Waals surface area (Å²) in [6, 6.07) is 14.4. The molecule has 0 spiro atoms. The maximum Gasteiger partial charge on any atom is 0.263 e. The standard InChI is InChI=1S/C19H22ClNO3S/c1-19(2,24-15-8-6-14(20)7-9-15)18(23)21-12-17(22)13-4-10-16(25-3)11-5-13/h4-11,17,22H,12H2,1-3H3,(H,21,23)/t17-/m1/s1. The monoisotopic (exact) mass is 379 g/mol. The van der Waals surface area contributed by atoms with E-state index in [0.29, 0.717) is 10.8 Å². The third kappa shape index (κ3) is 5.66. The Balaban J connectivity index is 1.91. The Hall–Kier alpha value is -1.69. The molecule has 0 aromatic heterocycles. The first kappa shape index (κ1) is 19.6. The lowest BCUT2D eigenvalue weighted by molar-refractivity contribution is -0.134. The predicted molar refractivity (Wildman–Crippen MR) is 102 cm³/mol. The van der Waals surface area contributed by atoms with E-state index in [9.17, 15) is 9.90 Å². The number of hydrogen-bond donors (Lipinski definition) is 2. The van der Waals surface area contributed by atoms with E-state index >= 15 is 0 Å². The van der Waals surface area contributed by atoms with Crippen molar-refractivity contribution in [2.45, 2.75) is 30.4 Å². The van der Waals surface area contributed by atoms with Crippen molar-refractivity contribution in [1.82, 2.24) is 5.32 Å². The van der Waals surface area contributed by atoms with Crippen molar-refractivity contribution in [3.8, 4) is 5.75 Å². The van der Waals surface area contributed by atoms with Crippen LogP contribution < -0.4 is 10.1 Å². The summed E-state index contributed by atoms with van der Waals surface area (Å²) >= 11 is 7.48. The fraction of sp³-hybridized carbons (Fsp3) is 0.316. The lowest BCUT2D eigenvalue weighted by Gasteiger charge is -2.26. The molecule has 0 bridgehead atoms. The predicted octanol–water partition coefficient (Wildman–Crippen LogP) is 4.07. The molecule has 2 aromatic rings. The fourth-order valence-electron chi connectivity index (χ4n) is 2.19. The lowest BCUT2D eigenvalue weighted by atomic mass is 10.1. The van der Waals surface area contributed by atoms with Gasteiger partial charge in [-0.15, -0.1) is 11.8 Å². The Kier molecular flexibility index (Phi) is 6.76. The van der Waals surface area contributed by atoms with Crippen LogP contribution in [0.4, 0.5) is 0 Å². The van der Waals surface area contributed by atoms with Crippen molar-refractivity contribution < 1.29 is 14.6 Å². The zero-order chi connectivity index (χ0) is 18.4. The van der Waals surface area contributed by atoms with Crippen LogP contribution in [0.3, 0.4) is 0 Å². The summed E-state index contributed by atoms with van der Waals surface area (Å²) in [4.78, 5) is 13.5. The van der Waals surface area contributed by atoms with Gasteiger partial charge in [0.25, 0.3) is 5.91 Å². The van der Waals surface area contributed by atoms with Gasteiger partial charge in [0.05, 0.1) is 6.10 Å². The molecule has 6 heteroatoms. The van der Waals surface area contributed by atoms with Crippen molar-refractivity contribution in [2.75, 3.05) is 12.8 Å². The van der Waals surface area contributed by atoms with E-state index in [1.54, 1.807) is 49.9 Å². The molecule has 0 aliphatic heterocycles. The Morgan fingerprint density at radius 1 is 1.20 bits per heavy atom. The number of benzene rings is 2. The molecular formula is C19H22ClNO3S. The van der Waals surface area contributed by atoms with Crippen molar-refractivity contribution in [2.24, 2.45) is 0 Å². The number of nitrogens with one attached hydrogen (secondary N) is 1. The minimum atomic E-state index is -1.07. The first-order chi connectivity index (χ1) is 11.8. The molecule has 0 radical (unpaired) electrons. The summed E-state index contributed by atoms with van der Waals surface area (Å²) in [7, 11) is 0. The van der Waals surface area contributed by atoms with E-state index in [1.807, 2.05) is 30.5 Å². The van der Waals surface area contributed by atoms with Gasteiger partial charge in [0.2, 0.25) is 0 Å². The van der Waals surface area contributed by atoms with E-state index in [0.717, 1.165) is 10.5 Å². The average molecular weight is 380 g/mol. The van der Waals surface area contributed by atoms with E-state index in [-0.39, 0.29) is 12.5 Å². The van der Waals surface area contributed by atoms with E-state index in [1.165, 1.54) is 0 Å². The molecule has 0 saturated heterocycles. The number of rotatable bonds is 7. The molecule has 25 heavy (non-hydrogen) atoms. The first-order valence-corrected chi connectivity index (χ1v) is 9.47. The summed E-state index contributed by atoms with van der Waals surface area (Å²) in [5.74, 6) is 0.250. The molecule has 134 valence electrons. The van der Waals surface area contributed by atoms with Crippen LogP contribution in [0.25, 0.3) is 0 Å². The van der Waals surface area contributed by atoms with Crippen LogP contribution in [-0.4, -0.2) is 29.4 Å². The third-order valence-electron chi connectivity index (χ3n) is 3.69. The van der Waals surface area contributed by atoms with Crippen LogP contribution in [0.5, 0.6) is 5.75 Å². The smallest absolute Gasteiger partial charge is 0.263 e. The Bertz CT molecular complexity index is 702. The zero-order valence-corrected chi connectivity index (χ0v) is 16.0. The summed E-state index contributed by atoms with van der Waals surface area (Å²) in [6.45, 7) is 3.47. The van der Waals surface area contributed by atoms with Gasteiger partial charge in [-0.25, -0.2) is 0 Å². The van der Waals surface area contributed by atoms with Crippen LogP contribution in [0.2, 0.25) is 5.02 Å². The molecule has 0 unspecified atom stereocenters. The number of amides is 1. The number of carbonyl (C=O) groups is 1. The molecule has 4 nitrogen and oxygen atoms in total. The van der Waals surface area contributed by atoms with Gasteiger partial charge in [-0.3, -0.25) is 4.79 Å². The number of carbonyl (C=O) groups excluding carboxylic acids is 1. The first-order valence-electron chi connectivity index (χ1n) is 7.87. The number of halogens is 1. The van der Waals surface area contributed by atoms with Gasteiger partial charge in [0.15, 0.2) is 5.60 Å². The molecule has 2 rings (SSSR count). The molecule has 2 N–H and O–H groups in total. The highest BCUT2D eigenvalue weighted by Crippen LogP contribution is 2.22. The molecule has 0 aliphatic rings. The Morgan fingerprint density at radius 3 is 2.36 bits per heavy atom. The van der Waals surface area contributed by atoms with Crippen molar-refractivity contribution in [1.29, 1.82) is 0 Å². The average Bonchev–Trinajstić information content (AvgIpc) is 2.61. The number of hydrogen-bond acceptors (Lipinski definition) is 4. The summed E-state index contributed by atoms with van der Waals surface area (Å²) in [5.41, 5.74) is -0.314. The summed E-state index contributed by atoms with van der Waals surface area (Å²) in [5, 5.41) is 13.6. The van der Waals surface area contributed by atoms with Gasteiger partial charge in [-0.1, -0.05) is 23.7 Å². The number of ether oxygens (including phenoxy) is 1. The highest BCUT2D eigenvalue weighted by molar-refractivity contribution is 7.98. The van der Waals surface area contributed by atoms with Gasteiger partial charge >= 0.3 is 0 Å². The zero-order valence-electron chi connectivity index (χ0n) is 14.5. The number of aliphatic hydroxyl groups is 1. The SMILES string of the molecule is CSc1ccc([C@H](O)CNC(=O)C(C)(C)Oc2ccc(Cl)cc2)cc1. The molecule has 0 fully saturated rings. The molecule has 2 aromatic carbocycles. The van der Waals surface area contributed by atoms with Gasteiger partial charge in [-0.2, -0.15) is 0 Å². The van der Waals surface area contributed by atoms with Crippen molar-refractivity contribution >= 4 is 29.3 Å². The van der Waals surface area contributed by atoms with Crippen LogP contribution in [-0.2, 0) is 4.79 Å². The highest BCUT2D eigenvalue weighted by Gasteiger charge is 2.30. The second-order valence-electron chi connectivity index (χ2n) is 6.07. The van der Waals surface area contributed by atoms with Crippen LogP contribution in [0.1, 0.15) is 25.5 Å². The van der Waals surface area contributed by atoms with Crippen molar-refractivity contribution in [3.05, 3.63) is 59.1 Å². The van der Waals surface area contributed by atoms with E-state index < -0.39 is 11.7 Å². The molecule has 1 atom stereocenters. The third-order valence-corrected chi connectivity index (χ3v) is 4.69. The minimum Gasteiger partial charge on any atom is -0.478 e. The second-order valence-corrected chi connectivity index (χ2v) is 7.38. The summed E-state index contributed by atoms with van der Waals surface area (Å²) < 4.78 is 5.73.